The molecule has 1 aliphatic rings. The summed E-state index contributed by atoms with van der Waals surface area (Å²) in [5.74, 6) is -0.348. The van der Waals surface area contributed by atoms with Gasteiger partial charge in [-0.25, -0.2) is 9.78 Å². The van der Waals surface area contributed by atoms with Gasteiger partial charge in [0.1, 0.15) is 0 Å². The summed E-state index contributed by atoms with van der Waals surface area (Å²) in [7, 11) is 0. The van der Waals surface area contributed by atoms with Crippen LogP contribution in [0.5, 0.6) is 0 Å². The summed E-state index contributed by atoms with van der Waals surface area (Å²) in [6.07, 6.45) is 2.63. The first-order valence-corrected chi connectivity index (χ1v) is 5.54. The van der Waals surface area contributed by atoms with Crippen molar-refractivity contribution in [1.82, 2.24) is 4.98 Å². The molecule has 0 spiro atoms. The summed E-state index contributed by atoms with van der Waals surface area (Å²) >= 11 is 0. The number of pyridine rings is 1. The van der Waals surface area contributed by atoms with E-state index in [-0.39, 0.29) is 5.69 Å². The molecule has 1 aliphatic heterocycles. The third-order valence-electron chi connectivity index (χ3n) is 3.08. The van der Waals surface area contributed by atoms with E-state index < -0.39 is 5.97 Å². The predicted molar refractivity (Wildman–Crippen MR) is 61.8 cm³/mol. The number of aromatic nitrogens is 1. The molecule has 1 fully saturated rings. The molecule has 0 radical (unpaired) electrons. The van der Waals surface area contributed by atoms with E-state index in [2.05, 4.69) is 23.7 Å². The van der Waals surface area contributed by atoms with Crippen molar-refractivity contribution in [3.05, 3.63) is 24.0 Å². The molecule has 0 amide bonds. The minimum Gasteiger partial charge on any atom is -0.476 e. The first-order chi connectivity index (χ1) is 7.59. The van der Waals surface area contributed by atoms with Gasteiger partial charge in [-0.2, -0.15) is 0 Å². The molecule has 1 N–H and O–H groups in total. The molecule has 2 rings (SSSR count). The lowest BCUT2D eigenvalue weighted by Gasteiger charge is -2.24. The van der Waals surface area contributed by atoms with Crippen LogP contribution in [0.3, 0.4) is 0 Å². The van der Waals surface area contributed by atoms with Crippen LogP contribution in [0, 0.1) is 5.92 Å². The van der Waals surface area contributed by atoms with Gasteiger partial charge < -0.3 is 10.0 Å². The van der Waals surface area contributed by atoms with E-state index in [9.17, 15) is 4.79 Å². The van der Waals surface area contributed by atoms with E-state index >= 15 is 0 Å². The van der Waals surface area contributed by atoms with Gasteiger partial charge >= 0.3 is 5.97 Å². The Morgan fingerprint density at radius 1 is 1.56 bits per heavy atom. The number of rotatable bonds is 2. The van der Waals surface area contributed by atoms with Crippen molar-refractivity contribution < 1.29 is 9.90 Å². The highest BCUT2D eigenvalue weighted by Crippen LogP contribution is 2.30. The van der Waals surface area contributed by atoms with Gasteiger partial charge in [-0.05, 0) is 31.4 Å². The molecule has 0 aliphatic carbocycles. The molecule has 0 saturated carbocycles. The Kier molecular flexibility index (Phi) is 2.81. The molecule has 1 aromatic heterocycles. The number of carboxylic acid groups (broad SMARTS) is 1. The summed E-state index contributed by atoms with van der Waals surface area (Å²) < 4.78 is 0. The van der Waals surface area contributed by atoms with Gasteiger partial charge in [0.25, 0.3) is 0 Å². The number of nitrogens with zero attached hydrogens (tertiary/aromatic N) is 2. The van der Waals surface area contributed by atoms with Gasteiger partial charge in [0.05, 0.1) is 5.69 Å². The largest absolute Gasteiger partial charge is 0.476 e. The fourth-order valence-electron chi connectivity index (χ4n) is 2.43. The minimum absolute atomic E-state index is 0.156. The van der Waals surface area contributed by atoms with Crippen molar-refractivity contribution >= 4 is 11.7 Å². The van der Waals surface area contributed by atoms with Crippen LogP contribution < -0.4 is 4.90 Å². The lowest BCUT2D eigenvalue weighted by molar-refractivity contribution is 0.0691. The summed E-state index contributed by atoms with van der Waals surface area (Å²) in [6, 6.07) is 4.01. The first-order valence-electron chi connectivity index (χ1n) is 5.54. The molecule has 2 heterocycles. The van der Waals surface area contributed by atoms with Gasteiger partial charge in [0, 0.05) is 18.8 Å². The molecule has 2 atom stereocenters. The molecular weight excluding hydrogens is 204 g/mol. The van der Waals surface area contributed by atoms with Crippen molar-refractivity contribution in [3.63, 3.8) is 0 Å². The highest BCUT2D eigenvalue weighted by Gasteiger charge is 2.29. The highest BCUT2D eigenvalue weighted by atomic mass is 16.4. The second-order valence-corrected chi connectivity index (χ2v) is 4.52. The fraction of sp³-hybridized carbons (Fsp3) is 0.500. The fourth-order valence-corrected chi connectivity index (χ4v) is 2.43. The predicted octanol–water partition coefficient (Wildman–Crippen LogP) is 2.01. The second kappa shape index (κ2) is 4.12. The Hall–Kier alpha value is -1.58. The maximum absolute atomic E-state index is 11.1. The summed E-state index contributed by atoms with van der Waals surface area (Å²) in [6.45, 7) is 5.22. The zero-order valence-corrected chi connectivity index (χ0v) is 9.55. The highest BCUT2D eigenvalue weighted by molar-refractivity contribution is 5.92. The van der Waals surface area contributed by atoms with E-state index in [1.807, 2.05) is 6.07 Å². The SMILES string of the molecule is CC1CC(C)N(c2cccnc2C(=O)O)C1. The molecule has 16 heavy (non-hydrogen) atoms. The average Bonchev–Trinajstić information content (AvgIpc) is 2.57. The van der Waals surface area contributed by atoms with E-state index in [1.165, 1.54) is 6.20 Å². The van der Waals surface area contributed by atoms with E-state index in [1.54, 1.807) is 6.07 Å². The normalized spacial score (nSPS) is 24.8. The van der Waals surface area contributed by atoms with Crippen molar-refractivity contribution in [2.75, 3.05) is 11.4 Å². The number of aromatic carboxylic acids is 1. The summed E-state index contributed by atoms with van der Waals surface area (Å²) in [5, 5.41) is 9.09. The number of carbonyl (C=O) groups is 1. The number of hydrogen-bond acceptors (Lipinski definition) is 3. The average molecular weight is 220 g/mol. The van der Waals surface area contributed by atoms with Crippen LogP contribution in [0.2, 0.25) is 0 Å². The van der Waals surface area contributed by atoms with Gasteiger partial charge in [0.2, 0.25) is 0 Å². The monoisotopic (exact) mass is 220 g/mol. The van der Waals surface area contributed by atoms with Crippen LogP contribution in [0.4, 0.5) is 5.69 Å². The topological polar surface area (TPSA) is 53.4 Å². The van der Waals surface area contributed by atoms with Crippen molar-refractivity contribution in [1.29, 1.82) is 0 Å². The molecule has 1 saturated heterocycles. The second-order valence-electron chi connectivity index (χ2n) is 4.52. The van der Waals surface area contributed by atoms with Gasteiger partial charge in [0.15, 0.2) is 5.69 Å². The Bertz CT molecular complexity index is 406. The molecule has 86 valence electrons. The van der Waals surface area contributed by atoms with Crippen LogP contribution in [-0.4, -0.2) is 28.6 Å². The Balaban J connectivity index is 2.36. The van der Waals surface area contributed by atoms with E-state index in [0.717, 1.165) is 18.7 Å². The molecular formula is C12H16N2O2. The minimum atomic E-state index is -0.956. The first kappa shape index (κ1) is 10.9. The van der Waals surface area contributed by atoms with Gasteiger partial charge in [-0.15, -0.1) is 0 Å². The van der Waals surface area contributed by atoms with Crippen LogP contribution in [0.15, 0.2) is 18.3 Å². The molecule has 0 bridgehead atoms. The van der Waals surface area contributed by atoms with Crippen molar-refractivity contribution in [3.8, 4) is 0 Å². The van der Waals surface area contributed by atoms with Gasteiger partial charge in [-0.3, -0.25) is 0 Å². The van der Waals surface area contributed by atoms with Crippen molar-refractivity contribution in [2.45, 2.75) is 26.3 Å². The summed E-state index contributed by atoms with van der Waals surface area (Å²) in [4.78, 5) is 17.2. The maximum Gasteiger partial charge on any atom is 0.356 e. The number of hydrogen-bond donors (Lipinski definition) is 1. The van der Waals surface area contributed by atoms with Crippen LogP contribution >= 0.6 is 0 Å². The molecule has 4 heteroatoms. The van der Waals surface area contributed by atoms with Crippen LogP contribution in [0.1, 0.15) is 30.8 Å². The lowest BCUT2D eigenvalue weighted by Crippen LogP contribution is -2.28. The molecule has 2 unspecified atom stereocenters. The smallest absolute Gasteiger partial charge is 0.356 e. The summed E-state index contributed by atoms with van der Waals surface area (Å²) in [5.41, 5.74) is 0.898. The number of anilines is 1. The van der Waals surface area contributed by atoms with Gasteiger partial charge in [-0.1, -0.05) is 6.92 Å². The Morgan fingerprint density at radius 2 is 2.31 bits per heavy atom. The maximum atomic E-state index is 11.1. The van der Waals surface area contributed by atoms with Crippen LogP contribution in [0.25, 0.3) is 0 Å². The molecule has 1 aromatic rings. The Labute approximate surface area is 94.9 Å². The zero-order valence-electron chi connectivity index (χ0n) is 9.55. The third-order valence-corrected chi connectivity index (χ3v) is 3.08. The van der Waals surface area contributed by atoms with E-state index in [0.29, 0.717) is 12.0 Å². The van der Waals surface area contributed by atoms with Crippen molar-refractivity contribution in [2.24, 2.45) is 5.92 Å². The quantitative estimate of drug-likeness (QED) is 0.828. The molecule has 0 aromatic carbocycles. The Morgan fingerprint density at radius 3 is 2.88 bits per heavy atom. The van der Waals surface area contributed by atoms with Crippen LogP contribution in [-0.2, 0) is 0 Å². The standard InChI is InChI=1S/C12H16N2O2/c1-8-6-9(2)14(7-8)10-4-3-5-13-11(10)12(15)16/h3-5,8-9H,6-7H2,1-2H3,(H,15,16). The third kappa shape index (κ3) is 1.87. The zero-order chi connectivity index (χ0) is 11.7. The lowest BCUT2D eigenvalue weighted by atomic mass is 10.1. The van der Waals surface area contributed by atoms with E-state index in [4.69, 9.17) is 5.11 Å². The number of carboxylic acids is 1. The molecule has 4 nitrogen and oxygen atoms in total.